The molecule has 1 N–H and O–H groups in total. The van der Waals surface area contributed by atoms with E-state index in [0.717, 1.165) is 49.9 Å². The summed E-state index contributed by atoms with van der Waals surface area (Å²) in [5, 5.41) is 0. The maximum absolute atomic E-state index is 12.6. The van der Waals surface area contributed by atoms with E-state index in [1.807, 2.05) is 6.92 Å². The van der Waals surface area contributed by atoms with E-state index in [1.165, 1.54) is 12.1 Å². The van der Waals surface area contributed by atoms with Crippen LogP contribution in [0.25, 0.3) is 0 Å². The van der Waals surface area contributed by atoms with Gasteiger partial charge in [0.2, 0.25) is 10.0 Å². The standard InChI is InChI=1S/C16H23F3N2O2S/c1-12(14-3-5-15(6-4-14)16(17,18)19)21-9-7-13(8-10-21)11-20-24(2,22)23/h3-6,12-13,20H,7-11H2,1-2H3. The van der Waals surface area contributed by atoms with Crippen LogP contribution < -0.4 is 4.72 Å². The fourth-order valence-electron chi connectivity index (χ4n) is 2.98. The lowest BCUT2D eigenvalue weighted by molar-refractivity contribution is -0.137. The zero-order chi connectivity index (χ0) is 18.0. The number of piperidine rings is 1. The van der Waals surface area contributed by atoms with Gasteiger partial charge in [-0.15, -0.1) is 0 Å². The molecule has 1 heterocycles. The Labute approximate surface area is 141 Å². The molecule has 1 fully saturated rings. The molecule has 1 aromatic carbocycles. The Balaban J connectivity index is 1.89. The van der Waals surface area contributed by atoms with Gasteiger partial charge in [0.1, 0.15) is 0 Å². The lowest BCUT2D eigenvalue weighted by Gasteiger charge is -2.36. The van der Waals surface area contributed by atoms with Crippen LogP contribution in [-0.4, -0.2) is 39.2 Å². The van der Waals surface area contributed by atoms with Gasteiger partial charge in [-0.1, -0.05) is 12.1 Å². The first-order valence-electron chi connectivity index (χ1n) is 7.92. The van der Waals surface area contributed by atoms with Crippen LogP contribution in [0.15, 0.2) is 24.3 Å². The summed E-state index contributed by atoms with van der Waals surface area (Å²) in [6, 6.07) is 5.34. The van der Waals surface area contributed by atoms with Crippen LogP contribution in [0.3, 0.4) is 0 Å². The Kier molecular flexibility index (Phi) is 5.93. The summed E-state index contributed by atoms with van der Waals surface area (Å²) in [5.41, 5.74) is 0.222. The normalized spacial score (nSPS) is 19.4. The van der Waals surface area contributed by atoms with Crippen LogP contribution in [0.5, 0.6) is 0 Å². The highest BCUT2D eigenvalue weighted by Crippen LogP contribution is 2.31. The van der Waals surface area contributed by atoms with E-state index in [1.54, 1.807) is 0 Å². The summed E-state index contributed by atoms with van der Waals surface area (Å²) in [6.07, 6.45) is -1.43. The van der Waals surface area contributed by atoms with Gasteiger partial charge in [-0.25, -0.2) is 13.1 Å². The van der Waals surface area contributed by atoms with Crippen LogP contribution in [0, 0.1) is 5.92 Å². The SMILES string of the molecule is CC(c1ccc(C(F)(F)F)cc1)N1CCC(CNS(C)(=O)=O)CC1. The highest BCUT2D eigenvalue weighted by atomic mass is 32.2. The number of hydrogen-bond donors (Lipinski definition) is 1. The van der Waals surface area contributed by atoms with E-state index in [4.69, 9.17) is 0 Å². The Hall–Kier alpha value is -1.12. The number of halogens is 3. The second-order valence-corrected chi connectivity index (χ2v) is 8.23. The van der Waals surface area contributed by atoms with Crippen molar-refractivity contribution in [1.29, 1.82) is 0 Å². The monoisotopic (exact) mass is 364 g/mol. The van der Waals surface area contributed by atoms with Crippen molar-refractivity contribution < 1.29 is 21.6 Å². The summed E-state index contributed by atoms with van der Waals surface area (Å²) in [5.74, 6) is 0.302. The predicted octanol–water partition coefficient (Wildman–Crippen LogP) is 3.03. The number of benzene rings is 1. The second kappa shape index (κ2) is 7.41. The van der Waals surface area contributed by atoms with Crippen molar-refractivity contribution in [1.82, 2.24) is 9.62 Å². The lowest BCUT2D eigenvalue weighted by atomic mass is 9.94. The molecular formula is C16H23F3N2O2S. The number of rotatable bonds is 5. The fourth-order valence-corrected chi connectivity index (χ4v) is 3.51. The molecule has 1 aliphatic heterocycles. The van der Waals surface area contributed by atoms with Gasteiger partial charge < -0.3 is 0 Å². The third kappa shape index (κ3) is 5.46. The molecule has 0 spiro atoms. The maximum Gasteiger partial charge on any atom is 0.416 e. The minimum atomic E-state index is -4.31. The molecule has 0 bridgehead atoms. The molecule has 1 aromatic rings. The Bertz CT molecular complexity index is 636. The first-order chi connectivity index (χ1) is 11.1. The largest absolute Gasteiger partial charge is 0.416 e. The molecule has 1 unspecified atom stereocenters. The highest BCUT2D eigenvalue weighted by Gasteiger charge is 2.30. The number of likely N-dealkylation sites (tertiary alicyclic amines) is 1. The fraction of sp³-hybridized carbons (Fsp3) is 0.625. The summed E-state index contributed by atoms with van der Waals surface area (Å²) in [6.45, 7) is 4.04. The summed E-state index contributed by atoms with van der Waals surface area (Å²) < 4.78 is 62.6. The number of alkyl halides is 3. The van der Waals surface area contributed by atoms with Crippen molar-refractivity contribution in [3.63, 3.8) is 0 Å². The molecule has 0 saturated carbocycles. The van der Waals surface area contributed by atoms with Gasteiger partial charge in [-0.3, -0.25) is 4.90 Å². The second-order valence-electron chi connectivity index (χ2n) is 6.40. The number of nitrogens with zero attached hydrogens (tertiary/aromatic N) is 1. The average molecular weight is 364 g/mol. The summed E-state index contributed by atoms with van der Waals surface area (Å²) in [4.78, 5) is 2.22. The third-order valence-corrected chi connectivity index (χ3v) is 5.24. The van der Waals surface area contributed by atoms with Crippen molar-refractivity contribution in [2.45, 2.75) is 32.0 Å². The van der Waals surface area contributed by atoms with Crippen LogP contribution >= 0.6 is 0 Å². The predicted molar refractivity (Wildman–Crippen MR) is 87.0 cm³/mol. The quantitative estimate of drug-likeness (QED) is 0.874. The number of nitrogens with one attached hydrogen (secondary N) is 1. The number of hydrogen-bond acceptors (Lipinski definition) is 3. The molecular weight excluding hydrogens is 341 g/mol. The molecule has 4 nitrogen and oxygen atoms in total. The van der Waals surface area contributed by atoms with E-state index in [9.17, 15) is 21.6 Å². The average Bonchev–Trinajstić information content (AvgIpc) is 2.51. The summed E-state index contributed by atoms with van der Waals surface area (Å²) >= 11 is 0. The topological polar surface area (TPSA) is 49.4 Å². The maximum atomic E-state index is 12.6. The molecule has 24 heavy (non-hydrogen) atoms. The van der Waals surface area contributed by atoms with E-state index in [2.05, 4.69) is 9.62 Å². The van der Waals surface area contributed by atoms with Gasteiger partial charge in [-0.05, 0) is 56.5 Å². The van der Waals surface area contributed by atoms with E-state index in [-0.39, 0.29) is 6.04 Å². The van der Waals surface area contributed by atoms with E-state index in [0.29, 0.717) is 12.5 Å². The van der Waals surface area contributed by atoms with Gasteiger partial charge in [0, 0.05) is 12.6 Å². The van der Waals surface area contributed by atoms with Gasteiger partial charge in [0.25, 0.3) is 0 Å². The Morgan fingerprint density at radius 2 is 1.75 bits per heavy atom. The molecule has 0 amide bonds. The van der Waals surface area contributed by atoms with Crippen molar-refractivity contribution in [2.24, 2.45) is 5.92 Å². The zero-order valence-electron chi connectivity index (χ0n) is 13.8. The van der Waals surface area contributed by atoms with Gasteiger partial charge in [0.05, 0.1) is 11.8 Å². The first-order valence-corrected chi connectivity index (χ1v) is 9.81. The van der Waals surface area contributed by atoms with E-state index < -0.39 is 21.8 Å². The highest BCUT2D eigenvalue weighted by molar-refractivity contribution is 7.88. The van der Waals surface area contributed by atoms with E-state index >= 15 is 0 Å². The van der Waals surface area contributed by atoms with Gasteiger partial charge in [0.15, 0.2) is 0 Å². The molecule has 0 radical (unpaired) electrons. The lowest BCUT2D eigenvalue weighted by Crippen LogP contribution is -2.39. The van der Waals surface area contributed by atoms with Crippen LogP contribution in [-0.2, 0) is 16.2 Å². The molecule has 2 rings (SSSR count). The molecule has 1 saturated heterocycles. The van der Waals surface area contributed by atoms with Crippen LogP contribution in [0.1, 0.15) is 36.9 Å². The van der Waals surface area contributed by atoms with Gasteiger partial charge >= 0.3 is 6.18 Å². The minimum absolute atomic E-state index is 0.0381. The zero-order valence-corrected chi connectivity index (χ0v) is 14.6. The molecule has 0 aromatic heterocycles. The van der Waals surface area contributed by atoms with Crippen LogP contribution in [0.2, 0.25) is 0 Å². The van der Waals surface area contributed by atoms with Crippen molar-refractivity contribution in [2.75, 3.05) is 25.9 Å². The first kappa shape index (κ1) is 19.2. The molecule has 1 atom stereocenters. The minimum Gasteiger partial charge on any atom is -0.297 e. The smallest absolute Gasteiger partial charge is 0.297 e. The molecule has 1 aliphatic rings. The Morgan fingerprint density at radius 3 is 2.21 bits per heavy atom. The Morgan fingerprint density at radius 1 is 1.21 bits per heavy atom. The molecule has 0 aliphatic carbocycles. The number of sulfonamides is 1. The van der Waals surface area contributed by atoms with Crippen molar-refractivity contribution in [3.05, 3.63) is 35.4 Å². The van der Waals surface area contributed by atoms with Crippen LogP contribution in [0.4, 0.5) is 13.2 Å². The van der Waals surface area contributed by atoms with Gasteiger partial charge in [-0.2, -0.15) is 13.2 Å². The molecule has 8 heteroatoms. The van der Waals surface area contributed by atoms with Crippen molar-refractivity contribution >= 4 is 10.0 Å². The third-order valence-electron chi connectivity index (χ3n) is 4.55. The van der Waals surface area contributed by atoms with Crippen molar-refractivity contribution in [3.8, 4) is 0 Å². The molecule has 136 valence electrons. The summed E-state index contributed by atoms with van der Waals surface area (Å²) in [7, 11) is -3.17.